The second-order valence-corrected chi connectivity index (χ2v) is 5.34. The van der Waals surface area contributed by atoms with Gasteiger partial charge >= 0.3 is 5.97 Å². The summed E-state index contributed by atoms with van der Waals surface area (Å²) in [6.07, 6.45) is 1.44. The van der Waals surface area contributed by atoms with E-state index in [4.69, 9.17) is 10.5 Å². The minimum absolute atomic E-state index is 0.138. The third kappa shape index (κ3) is 2.94. The zero-order valence-corrected chi connectivity index (χ0v) is 13.5. The Hall–Kier alpha value is -3.26. The van der Waals surface area contributed by atoms with E-state index in [9.17, 15) is 14.7 Å². The summed E-state index contributed by atoms with van der Waals surface area (Å²) in [5.74, 6) is -0.969. The first kappa shape index (κ1) is 16.6. The fraction of sp³-hybridized carbons (Fsp3) is 0.176. The van der Waals surface area contributed by atoms with Crippen LogP contribution >= 0.6 is 0 Å². The van der Waals surface area contributed by atoms with Crippen molar-refractivity contribution in [2.75, 3.05) is 19.5 Å². The van der Waals surface area contributed by atoms with Crippen molar-refractivity contribution in [3.63, 3.8) is 0 Å². The number of nitrogens with zero attached hydrogens (tertiary/aromatic N) is 3. The number of carboxylic acid groups (broad SMARTS) is 1. The summed E-state index contributed by atoms with van der Waals surface area (Å²) in [4.78, 5) is 32.7. The fourth-order valence-electron chi connectivity index (χ4n) is 2.57. The van der Waals surface area contributed by atoms with Crippen LogP contribution in [0.1, 0.15) is 10.4 Å². The number of aromatic nitrogens is 3. The van der Waals surface area contributed by atoms with Gasteiger partial charge in [0.1, 0.15) is 11.2 Å². The Morgan fingerprint density at radius 2 is 2.04 bits per heavy atom. The van der Waals surface area contributed by atoms with Crippen molar-refractivity contribution in [2.45, 2.75) is 6.54 Å². The van der Waals surface area contributed by atoms with Crippen molar-refractivity contribution >= 4 is 22.7 Å². The molecule has 0 unspecified atom stereocenters. The molecule has 2 heterocycles. The summed E-state index contributed by atoms with van der Waals surface area (Å²) in [6, 6.07) is 9.25. The molecule has 0 atom stereocenters. The van der Waals surface area contributed by atoms with Crippen LogP contribution in [0.25, 0.3) is 22.4 Å². The van der Waals surface area contributed by atoms with Crippen molar-refractivity contribution in [3.8, 4) is 11.4 Å². The first-order chi connectivity index (χ1) is 12.0. The Balaban J connectivity index is 2.33. The van der Waals surface area contributed by atoms with Gasteiger partial charge in [0.05, 0.1) is 24.2 Å². The molecule has 3 N–H and O–H groups in total. The van der Waals surface area contributed by atoms with Gasteiger partial charge in [-0.3, -0.25) is 9.36 Å². The second-order valence-electron chi connectivity index (χ2n) is 5.34. The number of aromatic carboxylic acids is 1. The third-order valence-electron chi connectivity index (χ3n) is 3.81. The summed E-state index contributed by atoms with van der Waals surface area (Å²) in [5, 5.41) is 9.64. The van der Waals surface area contributed by atoms with Gasteiger partial charge in [-0.05, 0) is 0 Å². The number of anilines is 1. The number of pyridine rings is 1. The van der Waals surface area contributed by atoms with E-state index in [1.807, 2.05) is 30.3 Å². The predicted octanol–water partition coefficient (Wildman–Crippen LogP) is 1.39. The van der Waals surface area contributed by atoms with Gasteiger partial charge in [-0.15, -0.1) is 0 Å². The molecule has 0 saturated carbocycles. The summed E-state index contributed by atoms with van der Waals surface area (Å²) in [7, 11) is 1.49. The zero-order chi connectivity index (χ0) is 18.0. The molecule has 0 radical (unpaired) electrons. The van der Waals surface area contributed by atoms with E-state index < -0.39 is 17.1 Å². The Kier molecular flexibility index (Phi) is 4.44. The number of benzene rings is 1. The number of ether oxygens (including phenoxy) is 1. The largest absolute Gasteiger partial charge is 0.477 e. The van der Waals surface area contributed by atoms with Crippen molar-refractivity contribution in [2.24, 2.45) is 0 Å². The van der Waals surface area contributed by atoms with Gasteiger partial charge in [0, 0.05) is 18.9 Å². The van der Waals surface area contributed by atoms with Crippen molar-refractivity contribution < 1.29 is 14.6 Å². The van der Waals surface area contributed by atoms with Crippen molar-refractivity contribution in [1.82, 2.24) is 14.5 Å². The number of nitrogens with two attached hydrogens (primary N) is 1. The molecule has 0 saturated heterocycles. The van der Waals surface area contributed by atoms with E-state index in [0.29, 0.717) is 11.2 Å². The van der Waals surface area contributed by atoms with Gasteiger partial charge in [0.2, 0.25) is 0 Å². The van der Waals surface area contributed by atoms with Gasteiger partial charge in [-0.25, -0.2) is 14.8 Å². The topological polar surface area (TPSA) is 120 Å². The Labute approximate surface area is 142 Å². The monoisotopic (exact) mass is 340 g/mol. The van der Waals surface area contributed by atoms with Gasteiger partial charge in [-0.1, -0.05) is 30.3 Å². The van der Waals surface area contributed by atoms with E-state index in [0.717, 1.165) is 5.56 Å². The van der Waals surface area contributed by atoms with Gasteiger partial charge in [0.25, 0.3) is 5.56 Å². The van der Waals surface area contributed by atoms with Crippen LogP contribution in [0.5, 0.6) is 0 Å². The molecule has 3 rings (SSSR count). The number of fused-ring (bicyclic) bond motifs is 1. The standard InChI is InChI=1S/C17H16N4O4/c1-25-8-7-21-15-11(13(18)12(16(21)22)17(23)24)9-19-14(20-15)10-5-3-2-4-6-10/h2-6,9H,7-8,18H2,1H3,(H,23,24). The van der Waals surface area contributed by atoms with Crippen LogP contribution in [0.2, 0.25) is 0 Å². The SMILES string of the molecule is COCCn1c(=O)c(C(=O)O)c(N)c2cnc(-c3ccccc3)nc21. The molecular weight excluding hydrogens is 324 g/mol. The second kappa shape index (κ2) is 6.70. The molecule has 8 nitrogen and oxygen atoms in total. The average molecular weight is 340 g/mol. The maximum Gasteiger partial charge on any atom is 0.343 e. The van der Waals surface area contributed by atoms with Crippen LogP contribution < -0.4 is 11.3 Å². The highest BCUT2D eigenvalue weighted by Gasteiger charge is 2.21. The first-order valence-corrected chi connectivity index (χ1v) is 7.51. The van der Waals surface area contributed by atoms with E-state index in [1.54, 1.807) is 0 Å². The Morgan fingerprint density at radius 3 is 2.68 bits per heavy atom. The van der Waals surface area contributed by atoms with E-state index in [-0.39, 0.29) is 24.5 Å². The summed E-state index contributed by atoms with van der Waals surface area (Å²) in [6.45, 7) is 0.375. The molecule has 25 heavy (non-hydrogen) atoms. The van der Waals surface area contributed by atoms with E-state index >= 15 is 0 Å². The molecule has 8 heteroatoms. The molecule has 128 valence electrons. The highest BCUT2D eigenvalue weighted by atomic mass is 16.5. The molecule has 3 aromatic rings. The lowest BCUT2D eigenvalue weighted by Crippen LogP contribution is -2.30. The smallest absolute Gasteiger partial charge is 0.343 e. The van der Waals surface area contributed by atoms with Crippen molar-refractivity contribution in [1.29, 1.82) is 0 Å². The molecule has 1 aromatic carbocycles. The van der Waals surface area contributed by atoms with E-state index in [1.165, 1.54) is 17.9 Å². The lowest BCUT2D eigenvalue weighted by Gasteiger charge is -2.13. The molecule has 0 aliphatic carbocycles. The summed E-state index contributed by atoms with van der Waals surface area (Å²) in [5.41, 5.74) is 5.61. The molecule has 0 amide bonds. The van der Waals surface area contributed by atoms with Gasteiger partial charge < -0.3 is 15.6 Å². The normalized spacial score (nSPS) is 10.9. The number of nitrogen functional groups attached to an aromatic ring is 1. The zero-order valence-electron chi connectivity index (χ0n) is 13.5. The van der Waals surface area contributed by atoms with Crippen LogP contribution in [0.4, 0.5) is 5.69 Å². The molecule has 0 aliphatic rings. The molecule has 0 spiro atoms. The maximum absolute atomic E-state index is 12.6. The molecule has 0 fully saturated rings. The van der Waals surface area contributed by atoms with Gasteiger partial charge in [0.15, 0.2) is 5.82 Å². The number of methoxy groups -OCH3 is 1. The van der Waals surface area contributed by atoms with Crippen molar-refractivity contribution in [3.05, 3.63) is 52.4 Å². The lowest BCUT2D eigenvalue weighted by molar-refractivity contribution is 0.0695. The summed E-state index contributed by atoms with van der Waals surface area (Å²) < 4.78 is 6.27. The van der Waals surface area contributed by atoms with Crippen LogP contribution in [0.3, 0.4) is 0 Å². The summed E-state index contributed by atoms with van der Waals surface area (Å²) >= 11 is 0. The minimum Gasteiger partial charge on any atom is -0.477 e. The predicted molar refractivity (Wildman–Crippen MR) is 92.5 cm³/mol. The highest BCUT2D eigenvalue weighted by Crippen LogP contribution is 2.23. The molecule has 2 aromatic heterocycles. The van der Waals surface area contributed by atoms with E-state index in [2.05, 4.69) is 9.97 Å². The lowest BCUT2D eigenvalue weighted by atomic mass is 10.1. The number of rotatable bonds is 5. The average Bonchev–Trinajstić information content (AvgIpc) is 2.61. The molecule has 0 aliphatic heterocycles. The number of carboxylic acids is 1. The van der Waals surface area contributed by atoms with Gasteiger partial charge in [-0.2, -0.15) is 0 Å². The van der Waals surface area contributed by atoms with Crippen LogP contribution in [-0.2, 0) is 11.3 Å². The van der Waals surface area contributed by atoms with Crippen LogP contribution in [0, 0.1) is 0 Å². The minimum atomic E-state index is -1.39. The maximum atomic E-state index is 12.6. The Morgan fingerprint density at radius 1 is 1.32 bits per heavy atom. The molecule has 0 bridgehead atoms. The van der Waals surface area contributed by atoms with Crippen LogP contribution in [-0.4, -0.2) is 39.3 Å². The number of hydrogen-bond donors (Lipinski definition) is 2. The number of carbonyl (C=O) groups is 1. The highest BCUT2D eigenvalue weighted by molar-refractivity contribution is 6.02. The molecular formula is C17H16N4O4. The quantitative estimate of drug-likeness (QED) is 0.720. The first-order valence-electron chi connectivity index (χ1n) is 7.51. The van der Waals surface area contributed by atoms with Crippen LogP contribution in [0.15, 0.2) is 41.3 Å². The Bertz CT molecular complexity index is 999. The fourth-order valence-corrected chi connectivity index (χ4v) is 2.57. The third-order valence-corrected chi connectivity index (χ3v) is 3.81. The number of hydrogen-bond acceptors (Lipinski definition) is 6.